The number of hydrogen-bond acceptors (Lipinski definition) is 7. The van der Waals surface area contributed by atoms with Gasteiger partial charge in [0.05, 0.1) is 23.3 Å². The third kappa shape index (κ3) is 5.80. The summed E-state index contributed by atoms with van der Waals surface area (Å²) >= 11 is 0. The number of rotatable bonds is 7. The number of nitrogen functional groups attached to an aromatic ring is 1. The summed E-state index contributed by atoms with van der Waals surface area (Å²) in [5, 5.41) is 2.85. The number of nitrogens with two attached hydrogens (primary N) is 1. The monoisotopic (exact) mass is 587 g/mol. The quantitative estimate of drug-likeness (QED) is 0.285. The smallest absolute Gasteiger partial charge is 0.284 e. The van der Waals surface area contributed by atoms with Gasteiger partial charge >= 0.3 is 0 Å². The molecule has 222 valence electrons. The van der Waals surface area contributed by atoms with E-state index in [2.05, 4.69) is 27.3 Å². The Balaban J connectivity index is 1.20. The predicted octanol–water partition coefficient (Wildman–Crippen LogP) is 4.61. The van der Waals surface area contributed by atoms with Gasteiger partial charge in [-0.3, -0.25) is 24.0 Å². The van der Waals surface area contributed by atoms with Crippen LogP contribution in [0.25, 0.3) is 28.2 Å². The van der Waals surface area contributed by atoms with Gasteiger partial charge in [0.1, 0.15) is 22.9 Å². The topological polar surface area (TPSA) is 128 Å². The van der Waals surface area contributed by atoms with Crippen LogP contribution in [0, 0.1) is 6.92 Å². The number of carbonyl (C=O) groups is 2. The van der Waals surface area contributed by atoms with E-state index in [1.807, 2.05) is 54.6 Å². The third-order valence-corrected chi connectivity index (χ3v) is 8.04. The van der Waals surface area contributed by atoms with E-state index in [4.69, 9.17) is 10.7 Å². The molecule has 3 heterocycles. The Labute approximate surface area is 254 Å². The first-order valence-corrected chi connectivity index (χ1v) is 14.5. The van der Waals surface area contributed by atoms with Crippen LogP contribution in [0.15, 0.2) is 89.9 Å². The van der Waals surface area contributed by atoms with Crippen molar-refractivity contribution in [2.24, 2.45) is 7.05 Å². The molecule has 1 fully saturated rings. The van der Waals surface area contributed by atoms with Crippen LogP contribution in [-0.2, 0) is 18.4 Å². The molecule has 10 heteroatoms. The number of amides is 1. The summed E-state index contributed by atoms with van der Waals surface area (Å²) in [5.74, 6) is 0.137. The lowest BCUT2D eigenvalue weighted by Gasteiger charge is -2.25. The number of Topliss-reactive ketones (excluding diaryl/α,β-unsaturated/α-hetero) is 1. The molecule has 0 saturated carbocycles. The summed E-state index contributed by atoms with van der Waals surface area (Å²) in [6.07, 6.45) is 2.88. The standard InChI is InChI=1S/C34H33N7O3/c1-22-30(34(44)41(39(22)2)27-9-4-3-5-10-27)33(43)37-26-13-11-24(12-14-26)31-32(35)36-20-29(38-31)25-8-6-7-23(19-25)21-40-17-15-28(42)16-18-40/h3-14,19-20H,15-18,21H2,1-2H3,(H2,35,36)(H,37,43). The van der Waals surface area contributed by atoms with Crippen LogP contribution < -0.4 is 16.6 Å². The highest BCUT2D eigenvalue weighted by atomic mass is 16.2. The second kappa shape index (κ2) is 12.1. The summed E-state index contributed by atoms with van der Waals surface area (Å²) in [7, 11) is 1.75. The Morgan fingerprint density at radius 2 is 1.66 bits per heavy atom. The molecule has 1 amide bonds. The Hall–Kier alpha value is -5.35. The van der Waals surface area contributed by atoms with Gasteiger partial charge in [-0.05, 0) is 42.8 Å². The first-order chi connectivity index (χ1) is 21.3. The van der Waals surface area contributed by atoms with Gasteiger partial charge in [-0.1, -0.05) is 48.5 Å². The van der Waals surface area contributed by atoms with Crippen molar-refractivity contribution in [3.8, 4) is 28.2 Å². The van der Waals surface area contributed by atoms with Crippen LogP contribution in [0.3, 0.4) is 0 Å². The molecule has 3 N–H and O–H groups in total. The number of ketones is 1. The van der Waals surface area contributed by atoms with Gasteiger partial charge < -0.3 is 11.1 Å². The van der Waals surface area contributed by atoms with Crippen molar-refractivity contribution >= 4 is 23.2 Å². The Kier molecular flexibility index (Phi) is 7.91. The minimum Gasteiger partial charge on any atom is -0.382 e. The number of nitrogens with zero attached hydrogens (tertiary/aromatic N) is 5. The zero-order valence-electron chi connectivity index (χ0n) is 24.7. The summed E-state index contributed by atoms with van der Waals surface area (Å²) in [5.41, 5.74) is 11.7. The Morgan fingerprint density at radius 3 is 2.39 bits per heavy atom. The lowest BCUT2D eigenvalue weighted by atomic mass is 10.1. The fourth-order valence-corrected chi connectivity index (χ4v) is 5.53. The normalized spacial score (nSPS) is 13.6. The number of para-hydroxylation sites is 1. The van der Waals surface area contributed by atoms with Gasteiger partial charge in [-0.15, -0.1) is 0 Å². The summed E-state index contributed by atoms with van der Waals surface area (Å²) < 4.78 is 3.16. The lowest BCUT2D eigenvalue weighted by molar-refractivity contribution is -0.121. The van der Waals surface area contributed by atoms with Crippen molar-refractivity contribution in [1.82, 2.24) is 24.2 Å². The summed E-state index contributed by atoms with van der Waals surface area (Å²) in [4.78, 5) is 49.6. The van der Waals surface area contributed by atoms with Crippen LogP contribution in [0.4, 0.5) is 11.5 Å². The number of carbonyl (C=O) groups excluding carboxylic acids is 2. The molecule has 0 aliphatic carbocycles. The summed E-state index contributed by atoms with van der Waals surface area (Å²) in [6.45, 7) is 4.08. The molecule has 0 unspecified atom stereocenters. The number of benzene rings is 3. The van der Waals surface area contributed by atoms with E-state index in [0.717, 1.165) is 36.3 Å². The lowest BCUT2D eigenvalue weighted by Crippen LogP contribution is -2.33. The molecule has 1 saturated heterocycles. The molecule has 44 heavy (non-hydrogen) atoms. The SMILES string of the molecule is Cc1c(C(=O)Nc2ccc(-c3nc(-c4cccc(CN5CCC(=O)CC5)c4)cnc3N)cc2)c(=O)n(-c2ccccc2)n1C. The van der Waals surface area contributed by atoms with Crippen molar-refractivity contribution in [1.29, 1.82) is 0 Å². The largest absolute Gasteiger partial charge is 0.382 e. The fourth-order valence-electron chi connectivity index (χ4n) is 5.53. The van der Waals surface area contributed by atoms with E-state index in [9.17, 15) is 14.4 Å². The first-order valence-electron chi connectivity index (χ1n) is 14.5. The first kappa shape index (κ1) is 28.8. The van der Waals surface area contributed by atoms with E-state index in [1.54, 1.807) is 37.0 Å². The highest BCUT2D eigenvalue weighted by molar-refractivity contribution is 6.05. The van der Waals surface area contributed by atoms with E-state index in [1.165, 1.54) is 4.68 Å². The predicted molar refractivity (Wildman–Crippen MR) is 171 cm³/mol. The van der Waals surface area contributed by atoms with Gasteiger partial charge in [0.15, 0.2) is 0 Å². The van der Waals surface area contributed by atoms with Crippen molar-refractivity contribution in [3.63, 3.8) is 0 Å². The minimum absolute atomic E-state index is 0.0826. The zero-order chi connectivity index (χ0) is 30.8. The van der Waals surface area contributed by atoms with E-state index in [-0.39, 0.29) is 11.1 Å². The van der Waals surface area contributed by atoms with Gasteiger partial charge in [0.25, 0.3) is 11.5 Å². The molecule has 6 rings (SSSR count). The molecule has 1 aliphatic rings. The fraction of sp³-hybridized carbons (Fsp3) is 0.206. The Morgan fingerprint density at radius 1 is 0.932 bits per heavy atom. The number of nitrogens with one attached hydrogen (secondary N) is 1. The van der Waals surface area contributed by atoms with Crippen LogP contribution in [-0.4, -0.2) is 49.0 Å². The van der Waals surface area contributed by atoms with Crippen molar-refractivity contribution < 1.29 is 9.59 Å². The van der Waals surface area contributed by atoms with Crippen LogP contribution >= 0.6 is 0 Å². The molecule has 0 atom stereocenters. The molecular weight excluding hydrogens is 554 g/mol. The molecule has 3 aromatic carbocycles. The maximum Gasteiger partial charge on any atom is 0.284 e. The van der Waals surface area contributed by atoms with Crippen molar-refractivity contribution in [3.05, 3.63) is 112 Å². The van der Waals surface area contributed by atoms with E-state index < -0.39 is 5.91 Å². The van der Waals surface area contributed by atoms with E-state index in [0.29, 0.717) is 52.9 Å². The van der Waals surface area contributed by atoms with Crippen LogP contribution in [0.1, 0.15) is 34.5 Å². The molecule has 10 nitrogen and oxygen atoms in total. The van der Waals surface area contributed by atoms with Gasteiger partial charge in [-0.2, -0.15) is 0 Å². The van der Waals surface area contributed by atoms with Crippen molar-refractivity contribution in [2.45, 2.75) is 26.3 Å². The Bertz CT molecular complexity index is 1900. The molecule has 1 aliphatic heterocycles. The van der Waals surface area contributed by atoms with E-state index >= 15 is 0 Å². The number of likely N-dealkylation sites (tertiary alicyclic amines) is 1. The van der Waals surface area contributed by atoms with Crippen molar-refractivity contribution in [2.75, 3.05) is 24.1 Å². The van der Waals surface area contributed by atoms with Gasteiger partial charge in [0.2, 0.25) is 0 Å². The highest BCUT2D eigenvalue weighted by Crippen LogP contribution is 2.28. The minimum atomic E-state index is -0.483. The zero-order valence-corrected chi connectivity index (χ0v) is 24.7. The molecule has 2 aromatic heterocycles. The molecular formula is C34H33N7O3. The van der Waals surface area contributed by atoms with Crippen LogP contribution in [0.2, 0.25) is 0 Å². The third-order valence-electron chi connectivity index (χ3n) is 8.04. The number of anilines is 2. The maximum absolute atomic E-state index is 13.2. The average Bonchev–Trinajstić information content (AvgIpc) is 3.26. The molecule has 5 aromatic rings. The second-order valence-electron chi connectivity index (χ2n) is 11.0. The molecule has 0 spiro atoms. The van der Waals surface area contributed by atoms with Gasteiger partial charge in [-0.25, -0.2) is 14.6 Å². The maximum atomic E-state index is 13.2. The highest BCUT2D eigenvalue weighted by Gasteiger charge is 2.22. The second-order valence-corrected chi connectivity index (χ2v) is 11.0. The number of aromatic nitrogens is 4. The average molecular weight is 588 g/mol. The van der Waals surface area contributed by atoms with Crippen LogP contribution in [0.5, 0.6) is 0 Å². The number of hydrogen-bond donors (Lipinski definition) is 2. The number of piperidine rings is 1. The molecule has 0 bridgehead atoms. The summed E-state index contributed by atoms with van der Waals surface area (Å²) in [6, 6.07) is 24.5. The van der Waals surface area contributed by atoms with Gasteiger partial charge in [0, 0.05) is 56.3 Å². The molecule has 0 radical (unpaired) electrons.